The van der Waals surface area contributed by atoms with E-state index < -0.39 is 5.97 Å². The van der Waals surface area contributed by atoms with Crippen molar-refractivity contribution in [3.05, 3.63) is 24.3 Å². The Hall–Kier alpha value is -2.04. The third-order valence-corrected chi connectivity index (χ3v) is 2.02. The van der Waals surface area contributed by atoms with Crippen LogP contribution in [0.5, 0.6) is 5.75 Å². The lowest BCUT2D eigenvalue weighted by molar-refractivity contribution is -0.132. The van der Waals surface area contributed by atoms with Crippen molar-refractivity contribution in [3.63, 3.8) is 0 Å². The quantitative estimate of drug-likeness (QED) is 0.432. The van der Waals surface area contributed by atoms with Gasteiger partial charge in [-0.1, -0.05) is 12.1 Å². The third kappa shape index (κ3) is 2.07. The minimum absolute atomic E-state index is 0.0909. The topological polar surface area (TPSA) is 70.9 Å². The van der Waals surface area contributed by atoms with E-state index in [4.69, 9.17) is 4.74 Å². The molecule has 1 saturated heterocycles. The highest BCUT2D eigenvalue weighted by Gasteiger charge is 2.20. The fourth-order valence-electron chi connectivity index (χ4n) is 1.22. The summed E-state index contributed by atoms with van der Waals surface area (Å²) in [7, 11) is 0. The lowest BCUT2D eigenvalue weighted by Gasteiger charge is -2.02. The van der Waals surface area contributed by atoms with Gasteiger partial charge in [0.05, 0.1) is 12.3 Å². The number of phenols is 1. The number of nitrogens with zero attached hydrogens (tertiary/aromatic N) is 1. The van der Waals surface area contributed by atoms with E-state index in [-0.39, 0.29) is 5.75 Å². The van der Waals surface area contributed by atoms with Gasteiger partial charge in [0.2, 0.25) is 0 Å². The zero-order valence-corrected chi connectivity index (χ0v) is 7.93. The van der Waals surface area contributed by atoms with Crippen molar-refractivity contribution in [3.8, 4) is 5.75 Å². The molecule has 1 aliphatic rings. The Morgan fingerprint density at radius 2 is 2.20 bits per heavy atom. The van der Waals surface area contributed by atoms with Gasteiger partial charge in [-0.15, -0.1) is 0 Å². The van der Waals surface area contributed by atoms with Crippen LogP contribution in [0.3, 0.4) is 0 Å². The highest BCUT2D eigenvalue weighted by molar-refractivity contribution is 6.38. The molecule has 0 aliphatic carbocycles. The molecule has 15 heavy (non-hydrogen) atoms. The molecular formula is C10H10N2O3. The first kappa shape index (κ1) is 9.51. The van der Waals surface area contributed by atoms with Gasteiger partial charge >= 0.3 is 5.97 Å². The number of benzene rings is 1. The average Bonchev–Trinajstić information content (AvgIpc) is 2.63. The summed E-state index contributed by atoms with van der Waals surface area (Å²) < 4.78 is 4.71. The second kappa shape index (κ2) is 4.00. The predicted molar refractivity (Wildman–Crippen MR) is 54.7 cm³/mol. The van der Waals surface area contributed by atoms with Gasteiger partial charge in [-0.25, -0.2) is 4.79 Å². The number of carbonyl (C=O) groups excluding carboxylic acids is 1. The van der Waals surface area contributed by atoms with E-state index in [1.807, 2.05) is 0 Å². The summed E-state index contributed by atoms with van der Waals surface area (Å²) in [5, 5.41) is 13.3. The molecule has 78 valence electrons. The van der Waals surface area contributed by atoms with E-state index in [9.17, 15) is 9.90 Å². The molecule has 2 N–H and O–H groups in total. The van der Waals surface area contributed by atoms with Crippen LogP contribution in [0.4, 0.5) is 5.69 Å². The number of hydrazone groups is 1. The van der Waals surface area contributed by atoms with E-state index in [0.29, 0.717) is 24.4 Å². The number of aromatic hydroxyl groups is 1. The van der Waals surface area contributed by atoms with E-state index in [1.165, 1.54) is 6.07 Å². The number of carbonyl (C=O) groups is 1. The number of para-hydroxylation sites is 2. The molecule has 0 spiro atoms. The van der Waals surface area contributed by atoms with Gasteiger partial charge in [0.25, 0.3) is 0 Å². The molecular weight excluding hydrogens is 196 g/mol. The molecule has 0 unspecified atom stereocenters. The fourth-order valence-corrected chi connectivity index (χ4v) is 1.22. The Morgan fingerprint density at radius 1 is 1.40 bits per heavy atom. The van der Waals surface area contributed by atoms with E-state index in [2.05, 4.69) is 10.5 Å². The molecule has 1 heterocycles. The molecule has 0 bridgehead atoms. The highest BCUT2D eigenvalue weighted by atomic mass is 16.5. The van der Waals surface area contributed by atoms with Crippen molar-refractivity contribution in [2.45, 2.75) is 6.42 Å². The summed E-state index contributed by atoms with van der Waals surface area (Å²) >= 11 is 0. The summed E-state index contributed by atoms with van der Waals surface area (Å²) in [6, 6.07) is 6.67. The maximum Gasteiger partial charge on any atom is 0.354 e. The number of ether oxygens (including phenoxy) is 1. The standard InChI is InChI=1S/C10H10N2O3/c13-9-4-2-1-3-7(9)11-12-8-5-6-15-10(8)14/h1-4,11,13H,5-6H2/b12-8-. The van der Waals surface area contributed by atoms with Gasteiger partial charge in [-0.2, -0.15) is 5.10 Å². The lowest BCUT2D eigenvalue weighted by Crippen LogP contribution is -2.08. The van der Waals surface area contributed by atoms with E-state index in [1.54, 1.807) is 18.2 Å². The van der Waals surface area contributed by atoms with Crippen LogP contribution >= 0.6 is 0 Å². The van der Waals surface area contributed by atoms with Gasteiger partial charge in [0, 0.05) is 6.42 Å². The normalized spacial score (nSPS) is 17.9. The zero-order chi connectivity index (χ0) is 10.7. The number of hydrogen-bond acceptors (Lipinski definition) is 5. The summed E-state index contributed by atoms with van der Waals surface area (Å²) in [6.07, 6.45) is 0.499. The van der Waals surface area contributed by atoms with Crippen molar-refractivity contribution in [2.24, 2.45) is 5.10 Å². The third-order valence-electron chi connectivity index (χ3n) is 2.02. The number of nitrogens with one attached hydrogen (secondary N) is 1. The second-order valence-electron chi connectivity index (χ2n) is 3.07. The summed E-state index contributed by atoms with van der Waals surface area (Å²) in [6.45, 7) is 0.375. The molecule has 0 saturated carbocycles. The van der Waals surface area contributed by atoms with Crippen LogP contribution in [-0.4, -0.2) is 23.4 Å². The SMILES string of the molecule is O=C1OCC/C1=N/Nc1ccccc1O. The Morgan fingerprint density at radius 3 is 2.87 bits per heavy atom. The summed E-state index contributed by atoms with van der Waals surface area (Å²) in [5.74, 6) is -0.314. The van der Waals surface area contributed by atoms with Crippen LogP contribution in [0.2, 0.25) is 0 Å². The van der Waals surface area contributed by atoms with Crippen LogP contribution in [-0.2, 0) is 9.53 Å². The number of phenolic OH excluding ortho intramolecular Hbond substituents is 1. The maximum atomic E-state index is 11.0. The highest BCUT2D eigenvalue weighted by Crippen LogP contribution is 2.21. The van der Waals surface area contributed by atoms with Crippen molar-refractivity contribution in [1.29, 1.82) is 0 Å². The Kier molecular flexibility index (Phi) is 2.53. The first-order chi connectivity index (χ1) is 7.27. The smallest absolute Gasteiger partial charge is 0.354 e. The van der Waals surface area contributed by atoms with Gasteiger partial charge in [0.15, 0.2) is 0 Å². The Labute approximate surface area is 86.4 Å². The molecule has 0 aromatic heterocycles. The summed E-state index contributed by atoms with van der Waals surface area (Å²) in [4.78, 5) is 11.0. The van der Waals surface area contributed by atoms with Crippen LogP contribution in [0.25, 0.3) is 0 Å². The number of rotatable bonds is 2. The molecule has 1 aromatic carbocycles. The van der Waals surface area contributed by atoms with Crippen LogP contribution in [0.15, 0.2) is 29.4 Å². The number of esters is 1. The largest absolute Gasteiger partial charge is 0.506 e. The number of cyclic esters (lactones) is 1. The molecule has 1 fully saturated rings. The molecule has 5 heteroatoms. The zero-order valence-electron chi connectivity index (χ0n) is 7.93. The molecule has 5 nitrogen and oxygen atoms in total. The Bertz CT molecular complexity index is 415. The van der Waals surface area contributed by atoms with Crippen molar-refractivity contribution < 1.29 is 14.6 Å². The molecule has 1 aliphatic heterocycles. The molecule has 2 rings (SSSR count). The molecule has 0 atom stereocenters. The average molecular weight is 206 g/mol. The van der Waals surface area contributed by atoms with Crippen LogP contribution < -0.4 is 5.43 Å². The minimum atomic E-state index is -0.405. The van der Waals surface area contributed by atoms with E-state index in [0.717, 1.165) is 0 Å². The van der Waals surface area contributed by atoms with Crippen molar-refractivity contribution in [1.82, 2.24) is 0 Å². The summed E-state index contributed by atoms with van der Waals surface area (Å²) in [5.41, 5.74) is 3.43. The molecule has 0 radical (unpaired) electrons. The van der Waals surface area contributed by atoms with Crippen LogP contribution in [0.1, 0.15) is 6.42 Å². The van der Waals surface area contributed by atoms with Crippen molar-refractivity contribution in [2.75, 3.05) is 12.0 Å². The maximum absolute atomic E-state index is 11.0. The Balaban J connectivity index is 2.10. The molecule has 1 aromatic rings. The lowest BCUT2D eigenvalue weighted by atomic mass is 10.3. The molecule has 0 amide bonds. The van der Waals surface area contributed by atoms with Gasteiger partial charge < -0.3 is 9.84 Å². The van der Waals surface area contributed by atoms with Crippen LogP contribution in [0, 0.1) is 0 Å². The van der Waals surface area contributed by atoms with Gasteiger partial charge in [-0.3, -0.25) is 5.43 Å². The fraction of sp³-hybridized carbons (Fsp3) is 0.200. The number of anilines is 1. The first-order valence-corrected chi connectivity index (χ1v) is 4.55. The van der Waals surface area contributed by atoms with Crippen molar-refractivity contribution >= 4 is 17.4 Å². The predicted octanol–water partition coefficient (Wildman–Crippen LogP) is 1.11. The van der Waals surface area contributed by atoms with E-state index >= 15 is 0 Å². The second-order valence-corrected chi connectivity index (χ2v) is 3.07. The van der Waals surface area contributed by atoms with Gasteiger partial charge in [-0.05, 0) is 12.1 Å². The number of hydrogen-bond donors (Lipinski definition) is 2. The monoisotopic (exact) mass is 206 g/mol. The minimum Gasteiger partial charge on any atom is -0.506 e. The first-order valence-electron chi connectivity index (χ1n) is 4.55. The van der Waals surface area contributed by atoms with Gasteiger partial charge in [0.1, 0.15) is 11.5 Å².